The van der Waals surface area contributed by atoms with E-state index in [0.29, 0.717) is 16.8 Å². The lowest BCUT2D eigenvalue weighted by Crippen LogP contribution is -2.32. The molecule has 0 aromatic heterocycles. The van der Waals surface area contributed by atoms with E-state index in [0.717, 1.165) is 6.42 Å². The summed E-state index contributed by atoms with van der Waals surface area (Å²) < 4.78 is 28.0. The second-order valence-corrected chi connectivity index (χ2v) is 6.57. The van der Waals surface area contributed by atoms with Gasteiger partial charge in [-0.05, 0) is 59.3 Å². The SMILES string of the molecule is CNC(Cc1c(F)ccc(Br)c1F)C1CC1(C)C. The third kappa shape index (κ3) is 2.59. The maximum Gasteiger partial charge on any atom is 0.143 e. The van der Waals surface area contributed by atoms with Crippen LogP contribution >= 0.6 is 15.9 Å². The Balaban J connectivity index is 2.20. The van der Waals surface area contributed by atoms with E-state index in [1.165, 1.54) is 12.1 Å². The van der Waals surface area contributed by atoms with Crippen molar-refractivity contribution in [3.63, 3.8) is 0 Å². The Morgan fingerprint density at radius 2 is 2.06 bits per heavy atom. The summed E-state index contributed by atoms with van der Waals surface area (Å²) in [7, 11) is 1.85. The minimum absolute atomic E-state index is 0.123. The van der Waals surface area contributed by atoms with Crippen LogP contribution in [0.4, 0.5) is 8.78 Å². The van der Waals surface area contributed by atoms with Gasteiger partial charge in [0.05, 0.1) is 4.47 Å². The van der Waals surface area contributed by atoms with Crippen molar-refractivity contribution < 1.29 is 8.78 Å². The molecule has 0 amide bonds. The van der Waals surface area contributed by atoms with Crippen molar-refractivity contribution in [1.82, 2.24) is 5.32 Å². The molecule has 1 fully saturated rings. The standard InChI is InChI=1S/C14H18BrF2N/c1-14(2)7-9(14)12(18-3)6-8-11(16)5-4-10(15)13(8)17/h4-5,9,12,18H,6-7H2,1-3H3. The molecule has 2 rings (SSSR count). The molecule has 2 atom stereocenters. The van der Waals surface area contributed by atoms with E-state index in [-0.39, 0.29) is 17.0 Å². The Morgan fingerprint density at radius 1 is 1.44 bits per heavy atom. The third-order valence-corrected chi connectivity index (χ3v) is 4.62. The molecular weight excluding hydrogens is 300 g/mol. The van der Waals surface area contributed by atoms with Gasteiger partial charge in [0.1, 0.15) is 11.6 Å². The van der Waals surface area contributed by atoms with Gasteiger partial charge >= 0.3 is 0 Å². The Bertz CT molecular complexity index is 459. The highest BCUT2D eigenvalue weighted by Gasteiger charge is 2.49. The van der Waals surface area contributed by atoms with Crippen LogP contribution in [0.15, 0.2) is 16.6 Å². The van der Waals surface area contributed by atoms with Crippen LogP contribution in [0.25, 0.3) is 0 Å². The molecule has 1 aromatic carbocycles. The molecule has 0 radical (unpaired) electrons. The maximum absolute atomic E-state index is 13.9. The zero-order valence-electron chi connectivity index (χ0n) is 10.9. The van der Waals surface area contributed by atoms with Crippen molar-refractivity contribution in [2.45, 2.75) is 32.7 Å². The van der Waals surface area contributed by atoms with Gasteiger partial charge in [0.15, 0.2) is 0 Å². The molecule has 1 saturated carbocycles. The van der Waals surface area contributed by atoms with Gasteiger partial charge in [0.25, 0.3) is 0 Å². The highest BCUT2D eigenvalue weighted by Crippen LogP contribution is 2.54. The monoisotopic (exact) mass is 317 g/mol. The average molecular weight is 318 g/mol. The fraction of sp³-hybridized carbons (Fsp3) is 0.571. The molecule has 1 nitrogen and oxygen atoms in total. The van der Waals surface area contributed by atoms with Gasteiger partial charge in [0, 0.05) is 11.6 Å². The summed E-state index contributed by atoms with van der Waals surface area (Å²) in [6.45, 7) is 4.38. The van der Waals surface area contributed by atoms with Crippen LogP contribution in [0.5, 0.6) is 0 Å². The minimum atomic E-state index is -0.478. The molecule has 18 heavy (non-hydrogen) atoms. The third-order valence-electron chi connectivity index (χ3n) is 4.01. The predicted octanol–water partition coefficient (Wildman–Crippen LogP) is 3.90. The molecule has 0 saturated heterocycles. The Kier molecular flexibility index (Phi) is 3.79. The van der Waals surface area contributed by atoms with Gasteiger partial charge in [0.2, 0.25) is 0 Å². The Morgan fingerprint density at radius 3 is 2.56 bits per heavy atom. The first-order valence-corrected chi connectivity index (χ1v) is 6.95. The van der Waals surface area contributed by atoms with Crippen LogP contribution in [0.1, 0.15) is 25.8 Å². The summed E-state index contributed by atoms with van der Waals surface area (Å²) in [5.41, 5.74) is 0.457. The van der Waals surface area contributed by atoms with Crippen molar-refractivity contribution >= 4 is 15.9 Å². The number of benzene rings is 1. The average Bonchev–Trinajstić information content (AvgIpc) is 2.94. The van der Waals surface area contributed by atoms with Gasteiger partial charge in [-0.3, -0.25) is 0 Å². The first kappa shape index (κ1) is 13.9. The van der Waals surface area contributed by atoms with Crippen LogP contribution < -0.4 is 5.32 Å². The highest BCUT2D eigenvalue weighted by atomic mass is 79.9. The van der Waals surface area contributed by atoms with Crippen LogP contribution in [0.3, 0.4) is 0 Å². The topological polar surface area (TPSA) is 12.0 Å². The largest absolute Gasteiger partial charge is 0.316 e. The molecule has 1 N–H and O–H groups in total. The molecule has 0 aliphatic heterocycles. The molecule has 4 heteroatoms. The molecule has 100 valence electrons. The second kappa shape index (κ2) is 4.89. The summed E-state index contributed by atoms with van der Waals surface area (Å²) in [6, 6.07) is 2.84. The lowest BCUT2D eigenvalue weighted by atomic mass is 9.97. The van der Waals surface area contributed by atoms with Crippen molar-refractivity contribution in [2.75, 3.05) is 7.05 Å². The Labute approximate surface area is 115 Å². The van der Waals surface area contributed by atoms with Gasteiger partial charge < -0.3 is 5.32 Å². The van der Waals surface area contributed by atoms with E-state index in [1.807, 2.05) is 7.05 Å². The number of rotatable bonds is 4. The highest BCUT2D eigenvalue weighted by molar-refractivity contribution is 9.10. The summed E-state index contributed by atoms with van der Waals surface area (Å²) in [4.78, 5) is 0. The van der Waals surface area contributed by atoms with Crippen molar-refractivity contribution in [1.29, 1.82) is 0 Å². The number of hydrogen-bond acceptors (Lipinski definition) is 1. The number of nitrogens with one attached hydrogen (secondary N) is 1. The summed E-state index contributed by atoms with van der Waals surface area (Å²) >= 11 is 3.11. The lowest BCUT2D eigenvalue weighted by Gasteiger charge is -2.19. The summed E-state index contributed by atoms with van der Waals surface area (Å²) in [5.74, 6) is -0.455. The van der Waals surface area contributed by atoms with Gasteiger partial charge in [-0.1, -0.05) is 13.8 Å². The molecule has 0 heterocycles. The molecule has 1 aromatic rings. The van der Waals surface area contributed by atoms with E-state index in [9.17, 15) is 8.78 Å². The van der Waals surface area contributed by atoms with E-state index >= 15 is 0 Å². The van der Waals surface area contributed by atoms with Gasteiger partial charge in [-0.25, -0.2) is 8.78 Å². The zero-order chi connectivity index (χ0) is 13.5. The molecule has 1 aliphatic carbocycles. The Hall–Kier alpha value is -0.480. The van der Waals surface area contributed by atoms with Crippen molar-refractivity contribution in [3.05, 3.63) is 33.8 Å². The van der Waals surface area contributed by atoms with Crippen LogP contribution in [-0.2, 0) is 6.42 Å². The number of likely N-dealkylation sites (N-methyl/N-ethyl adjacent to an activating group) is 1. The van der Waals surface area contributed by atoms with E-state index in [4.69, 9.17) is 0 Å². The van der Waals surface area contributed by atoms with Crippen LogP contribution in [0.2, 0.25) is 0 Å². The van der Waals surface area contributed by atoms with Crippen LogP contribution in [-0.4, -0.2) is 13.1 Å². The lowest BCUT2D eigenvalue weighted by molar-refractivity contribution is 0.413. The van der Waals surface area contributed by atoms with E-state index < -0.39 is 11.6 Å². The molecular formula is C14H18BrF2N. The molecule has 0 bridgehead atoms. The summed E-state index contributed by atoms with van der Waals surface area (Å²) in [5, 5.41) is 3.19. The van der Waals surface area contributed by atoms with Gasteiger partial charge in [-0.15, -0.1) is 0 Å². The fourth-order valence-electron chi connectivity index (χ4n) is 2.62. The van der Waals surface area contributed by atoms with E-state index in [1.54, 1.807) is 0 Å². The minimum Gasteiger partial charge on any atom is -0.316 e. The normalized spacial score (nSPS) is 22.9. The molecule has 0 spiro atoms. The molecule has 1 aliphatic rings. The fourth-order valence-corrected chi connectivity index (χ4v) is 2.99. The first-order chi connectivity index (χ1) is 8.36. The maximum atomic E-state index is 13.9. The molecule has 2 unspecified atom stereocenters. The number of halogens is 3. The van der Waals surface area contributed by atoms with E-state index in [2.05, 4.69) is 35.1 Å². The second-order valence-electron chi connectivity index (χ2n) is 5.72. The zero-order valence-corrected chi connectivity index (χ0v) is 12.4. The quantitative estimate of drug-likeness (QED) is 0.830. The van der Waals surface area contributed by atoms with Crippen LogP contribution in [0, 0.1) is 23.0 Å². The smallest absolute Gasteiger partial charge is 0.143 e. The first-order valence-electron chi connectivity index (χ1n) is 6.16. The van der Waals surface area contributed by atoms with Crippen molar-refractivity contribution in [3.8, 4) is 0 Å². The summed E-state index contributed by atoms with van der Waals surface area (Å²) in [6.07, 6.45) is 1.50. The van der Waals surface area contributed by atoms with Crippen molar-refractivity contribution in [2.24, 2.45) is 11.3 Å². The van der Waals surface area contributed by atoms with Gasteiger partial charge in [-0.2, -0.15) is 0 Å². The number of hydrogen-bond donors (Lipinski definition) is 1. The predicted molar refractivity (Wildman–Crippen MR) is 72.5 cm³/mol.